The summed E-state index contributed by atoms with van der Waals surface area (Å²) < 4.78 is 2.59. The number of aryl methyl sites for hydroxylation is 2. The van der Waals surface area contributed by atoms with Crippen molar-refractivity contribution in [2.45, 2.75) is 13.8 Å². The second kappa shape index (κ2) is 12.5. The van der Waals surface area contributed by atoms with Gasteiger partial charge < -0.3 is 0 Å². The number of aromatic nitrogens is 2. The van der Waals surface area contributed by atoms with Crippen LogP contribution in [0.2, 0.25) is 5.02 Å². The van der Waals surface area contributed by atoms with Crippen LogP contribution in [0.4, 0.5) is 0 Å². The molecule has 2 aromatic heterocycles. The van der Waals surface area contributed by atoms with Gasteiger partial charge in [0, 0.05) is 43.5 Å². The lowest BCUT2D eigenvalue weighted by molar-refractivity contribution is -0.913. The highest BCUT2D eigenvalue weighted by atomic mass is 79.9. The molecule has 0 unspecified atom stereocenters. The minimum absolute atomic E-state index is 0.222. The summed E-state index contributed by atoms with van der Waals surface area (Å²) in [7, 11) is 0. The third-order valence-corrected chi connectivity index (χ3v) is 4.38. The van der Waals surface area contributed by atoms with Gasteiger partial charge in [-0.25, -0.2) is 9.78 Å². The number of pyridine rings is 2. The Labute approximate surface area is 184 Å². The molecule has 0 saturated heterocycles. The van der Waals surface area contributed by atoms with Gasteiger partial charge in [0.2, 0.25) is 6.20 Å². The highest BCUT2D eigenvalue weighted by Gasteiger charge is 2.05. The summed E-state index contributed by atoms with van der Waals surface area (Å²) in [4.78, 5) is 18.1. The Bertz CT molecular complexity index is 888. The van der Waals surface area contributed by atoms with Gasteiger partial charge in [-0.2, -0.15) is 5.26 Å². The molecule has 2 N–H and O–H groups in total. The van der Waals surface area contributed by atoms with Crippen molar-refractivity contribution in [3.63, 3.8) is 0 Å². The highest BCUT2D eigenvalue weighted by Crippen LogP contribution is 2.10. The summed E-state index contributed by atoms with van der Waals surface area (Å²) in [5.41, 5.74) is 2.44. The molecule has 0 aliphatic rings. The largest absolute Gasteiger partial charge is 0.372 e. The fraction of sp³-hybridized carbons (Fsp3) is 0.105. The van der Waals surface area contributed by atoms with E-state index >= 15 is 0 Å². The van der Waals surface area contributed by atoms with E-state index in [0.29, 0.717) is 9.63 Å². The predicted octanol–water partition coefficient (Wildman–Crippen LogP) is 5.40. The topological polar surface area (TPSA) is 83.5 Å². The molecule has 3 rings (SSSR count). The standard InChI is InChI=1S/C7H5ClO3.C6H7BrNO.C6H6BrN/c8-6-3-1-2-5(4-6)7(9)11-10;1-5-2-3-6(7)8(9)4-5;1-5-2-3-6(7)8-4-5/h1-4,10H;2-4,9H,1H3;2-4H,1H3/q;+1;. The first-order valence-corrected chi connectivity index (χ1v) is 9.76. The normalized spacial score (nSPS) is 9.36. The lowest BCUT2D eigenvalue weighted by Gasteiger charge is -1.95. The Morgan fingerprint density at radius 3 is 2.25 bits per heavy atom. The summed E-state index contributed by atoms with van der Waals surface area (Å²) >= 11 is 11.9. The zero-order valence-electron chi connectivity index (χ0n) is 15.0. The highest BCUT2D eigenvalue weighted by molar-refractivity contribution is 9.10. The van der Waals surface area contributed by atoms with Gasteiger partial charge in [0.1, 0.15) is 4.60 Å². The molecule has 0 aliphatic heterocycles. The molecule has 0 atom stereocenters. The Balaban J connectivity index is 0.000000213. The minimum Gasteiger partial charge on any atom is -0.296 e. The fourth-order valence-electron chi connectivity index (χ4n) is 1.69. The van der Waals surface area contributed by atoms with Crippen molar-refractivity contribution in [3.8, 4) is 0 Å². The van der Waals surface area contributed by atoms with E-state index in [4.69, 9.17) is 22.1 Å². The maximum absolute atomic E-state index is 10.6. The maximum atomic E-state index is 10.6. The zero-order valence-corrected chi connectivity index (χ0v) is 18.9. The van der Waals surface area contributed by atoms with Gasteiger partial charge in [0.25, 0.3) is 4.60 Å². The van der Waals surface area contributed by atoms with Gasteiger partial charge in [-0.3, -0.25) is 10.1 Å². The van der Waals surface area contributed by atoms with E-state index in [9.17, 15) is 4.79 Å². The Kier molecular flexibility index (Phi) is 10.7. The first-order chi connectivity index (χ1) is 13.2. The van der Waals surface area contributed by atoms with Gasteiger partial charge in [-0.05, 0) is 65.7 Å². The van der Waals surface area contributed by atoms with E-state index in [1.807, 2.05) is 38.2 Å². The van der Waals surface area contributed by atoms with Crippen molar-refractivity contribution in [1.29, 1.82) is 0 Å². The lowest BCUT2D eigenvalue weighted by atomic mass is 10.2. The van der Waals surface area contributed by atoms with Crippen LogP contribution in [0.25, 0.3) is 0 Å². The van der Waals surface area contributed by atoms with Crippen LogP contribution in [0.5, 0.6) is 0 Å². The first-order valence-electron chi connectivity index (χ1n) is 7.79. The first kappa shape index (κ1) is 24.0. The van der Waals surface area contributed by atoms with Crippen LogP contribution < -0.4 is 4.73 Å². The number of halogens is 3. The summed E-state index contributed by atoms with van der Waals surface area (Å²) in [6.07, 6.45) is 3.45. The smallest absolute Gasteiger partial charge is 0.296 e. The molecular formula is C19H18Br2ClN2O4+. The van der Waals surface area contributed by atoms with Crippen LogP contribution in [0.1, 0.15) is 21.5 Å². The van der Waals surface area contributed by atoms with Gasteiger partial charge in [0.05, 0.1) is 5.56 Å². The number of rotatable bonds is 1. The predicted molar refractivity (Wildman–Crippen MR) is 112 cm³/mol. The van der Waals surface area contributed by atoms with Gasteiger partial charge in [-0.15, -0.1) is 0 Å². The molecule has 9 heteroatoms. The number of hydrogen-bond acceptors (Lipinski definition) is 5. The number of hydrogen-bond donors (Lipinski definition) is 2. The van der Waals surface area contributed by atoms with Gasteiger partial charge in [0.15, 0.2) is 0 Å². The van der Waals surface area contributed by atoms with E-state index in [1.165, 1.54) is 17.7 Å². The number of carbonyl (C=O) groups is 1. The van der Waals surface area contributed by atoms with Crippen molar-refractivity contribution < 1.29 is 24.9 Å². The Morgan fingerprint density at radius 1 is 1.11 bits per heavy atom. The summed E-state index contributed by atoms with van der Waals surface area (Å²) in [5.74, 6) is -0.813. The van der Waals surface area contributed by atoms with Gasteiger partial charge in [-0.1, -0.05) is 23.7 Å². The lowest BCUT2D eigenvalue weighted by Crippen LogP contribution is -2.31. The van der Waals surface area contributed by atoms with E-state index < -0.39 is 5.97 Å². The molecule has 0 spiro atoms. The molecule has 28 heavy (non-hydrogen) atoms. The molecule has 0 amide bonds. The van der Waals surface area contributed by atoms with E-state index in [0.717, 1.165) is 14.9 Å². The molecule has 0 radical (unpaired) electrons. The monoisotopic (exact) mass is 531 g/mol. The molecule has 0 aliphatic carbocycles. The van der Waals surface area contributed by atoms with E-state index in [1.54, 1.807) is 24.4 Å². The molecular weight excluding hydrogens is 515 g/mol. The van der Waals surface area contributed by atoms with Crippen LogP contribution in [0.3, 0.4) is 0 Å². The van der Waals surface area contributed by atoms with Crippen molar-refractivity contribution in [3.05, 3.63) is 91.8 Å². The van der Waals surface area contributed by atoms with Crippen molar-refractivity contribution in [2.24, 2.45) is 0 Å². The number of benzene rings is 1. The zero-order chi connectivity index (χ0) is 21.1. The molecule has 3 aromatic rings. The molecule has 0 fully saturated rings. The third kappa shape index (κ3) is 9.27. The van der Waals surface area contributed by atoms with Crippen molar-refractivity contribution >= 4 is 49.4 Å². The minimum atomic E-state index is -0.813. The Hall–Kier alpha value is -2.00. The van der Waals surface area contributed by atoms with Crippen LogP contribution in [0.15, 0.2) is 70.1 Å². The van der Waals surface area contributed by atoms with Gasteiger partial charge >= 0.3 is 5.97 Å². The van der Waals surface area contributed by atoms with Crippen molar-refractivity contribution in [2.75, 3.05) is 0 Å². The van der Waals surface area contributed by atoms with Crippen LogP contribution in [-0.4, -0.2) is 21.4 Å². The maximum Gasteiger partial charge on any atom is 0.372 e. The average molecular weight is 534 g/mol. The molecule has 148 valence electrons. The average Bonchev–Trinajstić information content (AvgIpc) is 2.68. The fourth-order valence-corrected chi connectivity index (χ4v) is 2.35. The third-order valence-electron chi connectivity index (χ3n) is 3.05. The quantitative estimate of drug-likeness (QED) is 0.144. The summed E-state index contributed by atoms with van der Waals surface area (Å²) in [6, 6.07) is 13.7. The molecule has 1 aromatic carbocycles. The second-order valence-corrected chi connectivity index (χ2v) is 7.48. The Morgan fingerprint density at radius 2 is 1.79 bits per heavy atom. The van der Waals surface area contributed by atoms with E-state index in [-0.39, 0.29) is 5.56 Å². The molecule has 0 bridgehead atoms. The van der Waals surface area contributed by atoms with Crippen LogP contribution >= 0.6 is 43.5 Å². The number of carbonyl (C=O) groups excluding carboxylic acids is 1. The molecule has 2 heterocycles. The number of nitrogens with zero attached hydrogens (tertiary/aromatic N) is 2. The summed E-state index contributed by atoms with van der Waals surface area (Å²) in [5, 5.41) is 17.4. The van der Waals surface area contributed by atoms with Crippen LogP contribution in [-0.2, 0) is 4.89 Å². The van der Waals surface area contributed by atoms with E-state index in [2.05, 4.69) is 41.7 Å². The van der Waals surface area contributed by atoms with Crippen molar-refractivity contribution in [1.82, 2.24) is 4.98 Å². The summed E-state index contributed by atoms with van der Waals surface area (Å²) in [6.45, 7) is 3.93. The molecule has 6 nitrogen and oxygen atoms in total. The molecule has 0 saturated carbocycles. The van der Waals surface area contributed by atoms with Crippen LogP contribution in [0, 0.1) is 13.8 Å². The second-order valence-electron chi connectivity index (χ2n) is 5.42. The SMILES string of the molecule is Cc1ccc(Br)[n+](O)c1.Cc1ccc(Br)nc1.O=C(OO)c1cccc(Cl)c1.